The number of nitrogens with one attached hydrogen (secondary N) is 2. The summed E-state index contributed by atoms with van der Waals surface area (Å²) in [6, 6.07) is 11.0. The zero-order chi connectivity index (χ0) is 24.9. The third kappa shape index (κ3) is 5.84. The molecule has 0 heterocycles. The van der Waals surface area contributed by atoms with Crippen LogP contribution in [0.15, 0.2) is 48.5 Å². The van der Waals surface area contributed by atoms with E-state index in [0.717, 1.165) is 22.3 Å². The van der Waals surface area contributed by atoms with Gasteiger partial charge < -0.3 is 25.6 Å². The van der Waals surface area contributed by atoms with Gasteiger partial charge in [-0.05, 0) is 28.7 Å². The lowest BCUT2D eigenvalue weighted by molar-refractivity contribution is -0.157. The van der Waals surface area contributed by atoms with E-state index < -0.39 is 55.7 Å². The van der Waals surface area contributed by atoms with Gasteiger partial charge in [-0.15, -0.1) is 0 Å². The van der Waals surface area contributed by atoms with Crippen LogP contribution in [0.2, 0.25) is 0 Å². The normalized spacial score (nSPS) is 14.5. The highest BCUT2D eigenvalue weighted by molar-refractivity contribution is 5.83. The van der Waals surface area contributed by atoms with Crippen LogP contribution >= 0.6 is 0 Å². The van der Waals surface area contributed by atoms with Crippen LogP contribution in [0.25, 0.3) is 11.1 Å². The first-order valence-electron chi connectivity index (χ1n) is 10.4. The van der Waals surface area contributed by atoms with Gasteiger partial charge in [0.1, 0.15) is 18.7 Å². The van der Waals surface area contributed by atoms with Crippen LogP contribution in [0, 0.1) is 0 Å². The number of carboxylic acids is 1. The molecule has 0 bridgehead atoms. The Bertz CT molecular complexity index is 1010. The van der Waals surface area contributed by atoms with Gasteiger partial charge in [-0.3, -0.25) is 4.79 Å². The summed E-state index contributed by atoms with van der Waals surface area (Å²) in [5, 5.41) is 21.3. The summed E-state index contributed by atoms with van der Waals surface area (Å²) in [4.78, 5) is 34.8. The number of ether oxygens (including phenoxy) is 1. The SMILES string of the molecule is O=C(CC[C@H](NC(=O)OCC1c2ccccc2-c2ccccc21)C(F)(F)F)N[C@H](CO)C(=O)O. The van der Waals surface area contributed by atoms with Gasteiger partial charge in [0.05, 0.1) is 6.61 Å². The van der Waals surface area contributed by atoms with Crippen molar-refractivity contribution in [3.8, 4) is 11.1 Å². The van der Waals surface area contributed by atoms with Crippen molar-refractivity contribution in [2.24, 2.45) is 0 Å². The summed E-state index contributed by atoms with van der Waals surface area (Å²) in [5.74, 6) is -2.87. The molecule has 0 saturated carbocycles. The number of amides is 2. The first kappa shape index (κ1) is 25.0. The van der Waals surface area contributed by atoms with E-state index in [1.54, 1.807) is 5.32 Å². The quantitative estimate of drug-likeness (QED) is 0.438. The van der Waals surface area contributed by atoms with Gasteiger partial charge in [-0.1, -0.05) is 48.5 Å². The van der Waals surface area contributed by atoms with E-state index in [2.05, 4.69) is 0 Å². The van der Waals surface area contributed by atoms with E-state index in [4.69, 9.17) is 14.9 Å². The number of carbonyl (C=O) groups excluding carboxylic acids is 2. The van der Waals surface area contributed by atoms with Crippen molar-refractivity contribution in [1.29, 1.82) is 0 Å². The molecule has 2 aromatic carbocycles. The van der Waals surface area contributed by atoms with E-state index in [0.29, 0.717) is 0 Å². The van der Waals surface area contributed by atoms with Gasteiger partial charge >= 0.3 is 18.2 Å². The first-order chi connectivity index (χ1) is 16.1. The van der Waals surface area contributed by atoms with Crippen LogP contribution in [0.1, 0.15) is 29.9 Å². The van der Waals surface area contributed by atoms with E-state index in [1.165, 1.54) is 0 Å². The molecular weight excluding hydrogens is 457 g/mol. The van der Waals surface area contributed by atoms with Crippen molar-refractivity contribution in [2.45, 2.75) is 37.0 Å². The topological polar surface area (TPSA) is 125 Å². The van der Waals surface area contributed by atoms with Gasteiger partial charge in [0.25, 0.3) is 0 Å². The monoisotopic (exact) mass is 480 g/mol. The average molecular weight is 480 g/mol. The Morgan fingerprint density at radius 3 is 2.03 bits per heavy atom. The Balaban J connectivity index is 1.60. The highest BCUT2D eigenvalue weighted by Gasteiger charge is 2.41. The second-order valence-electron chi connectivity index (χ2n) is 7.74. The third-order valence-electron chi connectivity index (χ3n) is 5.51. The van der Waals surface area contributed by atoms with Crippen molar-refractivity contribution >= 4 is 18.0 Å². The Labute approximate surface area is 192 Å². The van der Waals surface area contributed by atoms with Crippen molar-refractivity contribution in [3.63, 3.8) is 0 Å². The summed E-state index contributed by atoms with van der Waals surface area (Å²) in [5.41, 5.74) is 3.73. The molecule has 0 unspecified atom stereocenters. The van der Waals surface area contributed by atoms with Crippen LogP contribution in [0.3, 0.4) is 0 Å². The summed E-state index contributed by atoms with van der Waals surface area (Å²) < 4.78 is 45.3. The molecule has 2 aromatic rings. The highest BCUT2D eigenvalue weighted by atomic mass is 19.4. The van der Waals surface area contributed by atoms with Crippen LogP contribution < -0.4 is 10.6 Å². The number of aliphatic hydroxyl groups is 1. The standard InChI is InChI=1S/C23H23F3N2O6/c24-23(25,26)19(9-10-20(30)27-18(11-29)21(31)32)28-22(33)34-12-17-15-7-3-1-5-13(15)14-6-2-4-8-16(14)17/h1-8,17-19,29H,9-12H2,(H,27,30)(H,28,33)(H,31,32)/t18-,19+/m1/s1. The zero-order valence-corrected chi connectivity index (χ0v) is 17.8. The maximum Gasteiger partial charge on any atom is 0.408 e. The number of aliphatic hydroxyl groups excluding tert-OH is 1. The molecule has 0 aliphatic heterocycles. The number of benzene rings is 2. The van der Waals surface area contributed by atoms with Crippen LogP contribution in [-0.2, 0) is 14.3 Å². The van der Waals surface area contributed by atoms with Crippen molar-refractivity contribution in [1.82, 2.24) is 10.6 Å². The molecule has 0 aromatic heterocycles. The number of carbonyl (C=O) groups is 3. The molecule has 3 rings (SSSR count). The van der Waals surface area contributed by atoms with Gasteiger partial charge in [0.15, 0.2) is 0 Å². The Morgan fingerprint density at radius 1 is 0.971 bits per heavy atom. The molecule has 0 spiro atoms. The number of rotatable bonds is 9. The fraction of sp³-hybridized carbons (Fsp3) is 0.348. The molecule has 11 heteroatoms. The molecule has 2 amide bonds. The Hall–Kier alpha value is -3.60. The molecule has 0 saturated heterocycles. The summed E-state index contributed by atoms with van der Waals surface area (Å²) in [6.45, 7) is -1.09. The van der Waals surface area contributed by atoms with Gasteiger partial charge in [-0.2, -0.15) is 13.2 Å². The average Bonchev–Trinajstić information content (AvgIpc) is 3.11. The Morgan fingerprint density at radius 2 is 1.53 bits per heavy atom. The van der Waals surface area contributed by atoms with Crippen molar-refractivity contribution < 1.29 is 42.5 Å². The Kier molecular flexibility index (Phi) is 7.77. The largest absolute Gasteiger partial charge is 0.480 e. The maximum atomic E-state index is 13.4. The van der Waals surface area contributed by atoms with E-state index >= 15 is 0 Å². The predicted octanol–water partition coefficient (Wildman–Crippen LogP) is 2.80. The number of alkyl carbamates (subject to hydrolysis) is 1. The second-order valence-corrected chi connectivity index (χ2v) is 7.74. The zero-order valence-electron chi connectivity index (χ0n) is 17.8. The number of alkyl halides is 3. The smallest absolute Gasteiger partial charge is 0.408 e. The molecule has 1 aliphatic carbocycles. The van der Waals surface area contributed by atoms with E-state index in [1.807, 2.05) is 53.8 Å². The number of aliphatic carboxylic acids is 1. The highest BCUT2D eigenvalue weighted by Crippen LogP contribution is 2.44. The number of carboxylic acid groups (broad SMARTS) is 1. The predicted molar refractivity (Wildman–Crippen MR) is 114 cm³/mol. The molecule has 8 nitrogen and oxygen atoms in total. The molecule has 1 aliphatic rings. The minimum absolute atomic E-state index is 0.179. The van der Waals surface area contributed by atoms with Gasteiger partial charge in [-0.25, -0.2) is 9.59 Å². The van der Waals surface area contributed by atoms with Gasteiger partial charge in [0.2, 0.25) is 5.91 Å². The lowest BCUT2D eigenvalue weighted by Crippen LogP contribution is -2.47. The second kappa shape index (κ2) is 10.6. The minimum atomic E-state index is -4.87. The van der Waals surface area contributed by atoms with Crippen molar-refractivity contribution in [2.75, 3.05) is 13.2 Å². The fourth-order valence-corrected chi connectivity index (χ4v) is 3.83. The number of fused-ring (bicyclic) bond motifs is 3. The summed E-state index contributed by atoms with van der Waals surface area (Å²) >= 11 is 0. The lowest BCUT2D eigenvalue weighted by Gasteiger charge is -2.22. The number of halogens is 3. The van der Waals surface area contributed by atoms with E-state index in [-0.39, 0.29) is 12.5 Å². The summed E-state index contributed by atoms with van der Waals surface area (Å²) in [6.07, 6.45) is -7.72. The fourth-order valence-electron chi connectivity index (χ4n) is 3.83. The molecule has 182 valence electrons. The van der Waals surface area contributed by atoms with Gasteiger partial charge in [0, 0.05) is 12.3 Å². The maximum absolute atomic E-state index is 13.4. The third-order valence-corrected chi connectivity index (χ3v) is 5.51. The van der Waals surface area contributed by atoms with E-state index in [9.17, 15) is 27.6 Å². The first-order valence-corrected chi connectivity index (χ1v) is 10.4. The molecule has 0 radical (unpaired) electrons. The molecule has 4 N–H and O–H groups in total. The molecule has 2 atom stereocenters. The van der Waals surface area contributed by atoms with Crippen LogP contribution in [-0.4, -0.2) is 59.7 Å². The van der Waals surface area contributed by atoms with Crippen LogP contribution in [0.4, 0.5) is 18.0 Å². The molecular formula is C23H23F3N2O6. The number of hydrogen-bond acceptors (Lipinski definition) is 5. The van der Waals surface area contributed by atoms with Crippen molar-refractivity contribution in [3.05, 3.63) is 59.7 Å². The number of hydrogen-bond donors (Lipinski definition) is 4. The lowest BCUT2D eigenvalue weighted by atomic mass is 9.98. The molecule has 0 fully saturated rings. The minimum Gasteiger partial charge on any atom is -0.480 e. The van der Waals surface area contributed by atoms with Crippen LogP contribution in [0.5, 0.6) is 0 Å². The molecule has 34 heavy (non-hydrogen) atoms. The summed E-state index contributed by atoms with van der Waals surface area (Å²) in [7, 11) is 0.